The lowest BCUT2D eigenvalue weighted by Crippen LogP contribution is -2.10. The fraction of sp³-hybridized carbons (Fsp3) is 0.0667. The molecule has 12 heteroatoms. The number of carbonyl (C=O) groups is 1. The standard InChI is InChI=1S/C15H12N4O6S2/c1-27(23,24)18-10-4-2-3-9(7-10)11-8-26-15(16-11)17-14(20)12-5-6-13(25-12)19(21)22/h2-8,18H,1H3,(H,16,17,20). The van der Waals surface area contributed by atoms with E-state index in [1.807, 2.05) is 0 Å². The molecule has 2 heterocycles. The smallest absolute Gasteiger partial charge is 0.395 e. The fourth-order valence-corrected chi connectivity index (χ4v) is 3.40. The Balaban J connectivity index is 1.75. The molecule has 0 aliphatic heterocycles. The number of rotatable bonds is 6. The summed E-state index contributed by atoms with van der Waals surface area (Å²) in [5, 5.41) is 15.0. The molecule has 3 rings (SSSR count). The number of amides is 1. The Kier molecular flexibility index (Phi) is 4.92. The summed E-state index contributed by atoms with van der Waals surface area (Å²) in [5.41, 5.74) is 1.56. The molecule has 0 unspecified atom stereocenters. The average molecular weight is 408 g/mol. The Morgan fingerprint density at radius 2 is 2.07 bits per heavy atom. The highest BCUT2D eigenvalue weighted by molar-refractivity contribution is 7.92. The normalized spacial score (nSPS) is 11.1. The maximum atomic E-state index is 12.1. The van der Waals surface area contributed by atoms with Gasteiger partial charge in [-0.25, -0.2) is 13.4 Å². The fourth-order valence-electron chi connectivity index (χ4n) is 2.13. The van der Waals surface area contributed by atoms with E-state index < -0.39 is 26.7 Å². The van der Waals surface area contributed by atoms with Crippen LogP contribution < -0.4 is 10.0 Å². The summed E-state index contributed by atoms with van der Waals surface area (Å²) < 4.78 is 29.9. The molecule has 0 bridgehead atoms. The maximum Gasteiger partial charge on any atom is 0.433 e. The number of anilines is 2. The SMILES string of the molecule is CS(=O)(=O)Nc1cccc(-c2csc(NC(=O)c3ccc([N+](=O)[O-])o3)n2)c1. The van der Waals surface area contributed by atoms with Crippen LogP contribution in [-0.2, 0) is 10.0 Å². The van der Waals surface area contributed by atoms with E-state index in [0.29, 0.717) is 16.9 Å². The number of nitro groups is 1. The number of nitrogens with zero attached hydrogens (tertiary/aromatic N) is 2. The van der Waals surface area contributed by atoms with Gasteiger partial charge in [0.25, 0.3) is 5.91 Å². The minimum absolute atomic E-state index is 0.210. The molecule has 2 N–H and O–H groups in total. The van der Waals surface area contributed by atoms with Crippen LogP contribution in [0.2, 0.25) is 0 Å². The number of nitrogens with one attached hydrogen (secondary N) is 2. The van der Waals surface area contributed by atoms with E-state index in [9.17, 15) is 23.3 Å². The first kappa shape index (κ1) is 18.5. The van der Waals surface area contributed by atoms with E-state index in [2.05, 4.69) is 15.0 Å². The molecule has 140 valence electrons. The quantitative estimate of drug-likeness (QED) is 0.471. The van der Waals surface area contributed by atoms with Crippen molar-refractivity contribution in [2.24, 2.45) is 0 Å². The minimum atomic E-state index is -3.40. The summed E-state index contributed by atoms with van der Waals surface area (Å²) in [5.74, 6) is -1.41. The molecule has 0 fully saturated rings. The molecule has 1 aromatic carbocycles. The molecule has 0 aliphatic carbocycles. The van der Waals surface area contributed by atoms with E-state index in [-0.39, 0.29) is 10.9 Å². The van der Waals surface area contributed by atoms with Crippen LogP contribution in [0.4, 0.5) is 16.7 Å². The summed E-state index contributed by atoms with van der Waals surface area (Å²) >= 11 is 1.14. The lowest BCUT2D eigenvalue weighted by Gasteiger charge is -2.05. The number of sulfonamides is 1. The zero-order chi connectivity index (χ0) is 19.6. The summed E-state index contributed by atoms with van der Waals surface area (Å²) in [6, 6.07) is 8.90. The first-order valence-corrected chi connectivity index (χ1v) is 10.1. The van der Waals surface area contributed by atoms with E-state index in [1.165, 1.54) is 6.07 Å². The van der Waals surface area contributed by atoms with Crippen LogP contribution in [0, 0.1) is 10.1 Å². The van der Waals surface area contributed by atoms with Gasteiger partial charge < -0.3 is 4.42 Å². The number of hydrogen-bond acceptors (Lipinski definition) is 8. The van der Waals surface area contributed by atoms with E-state index in [1.54, 1.807) is 29.6 Å². The van der Waals surface area contributed by atoms with Gasteiger partial charge in [0.1, 0.15) is 4.92 Å². The first-order valence-electron chi connectivity index (χ1n) is 7.30. The highest BCUT2D eigenvalue weighted by Gasteiger charge is 2.18. The predicted octanol–water partition coefficient (Wildman–Crippen LogP) is 2.94. The zero-order valence-electron chi connectivity index (χ0n) is 13.7. The van der Waals surface area contributed by atoms with Crippen molar-refractivity contribution in [3.8, 4) is 11.3 Å². The van der Waals surface area contributed by atoms with Crippen LogP contribution in [0.3, 0.4) is 0 Å². The van der Waals surface area contributed by atoms with Gasteiger partial charge >= 0.3 is 5.88 Å². The van der Waals surface area contributed by atoms with E-state index in [0.717, 1.165) is 23.7 Å². The van der Waals surface area contributed by atoms with Gasteiger partial charge in [0.15, 0.2) is 10.9 Å². The second-order valence-corrected chi connectivity index (χ2v) is 7.95. The Morgan fingerprint density at radius 1 is 1.30 bits per heavy atom. The third-order valence-corrected chi connectivity index (χ3v) is 4.55. The second kappa shape index (κ2) is 7.17. The van der Waals surface area contributed by atoms with Gasteiger partial charge in [0.2, 0.25) is 10.0 Å². The number of carbonyl (C=O) groups excluding carboxylic acids is 1. The van der Waals surface area contributed by atoms with Gasteiger partial charge in [0.05, 0.1) is 18.0 Å². The van der Waals surface area contributed by atoms with Crippen LogP contribution in [0.15, 0.2) is 46.2 Å². The van der Waals surface area contributed by atoms with Crippen molar-refractivity contribution >= 4 is 44.0 Å². The molecule has 0 saturated carbocycles. The van der Waals surface area contributed by atoms with Crippen molar-refractivity contribution in [1.29, 1.82) is 0 Å². The third-order valence-electron chi connectivity index (χ3n) is 3.18. The van der Waals surface area contributed by atoms with Crippen molar-refractivity contribution in [3.05, 3.63) is 57.7 Å². The van der Waals surface area contributed by atoms with Crippen molar-refractivity contribution in [1.82, 2.24) is 4.98 Å². The third kappa shape index (κ3) is 4.68. The molecule has 2 aromatic heterocycles. The maximum absolute atomic E-state index is 12.1. The highest BCUT2D eigenvalue weighted by Crippen LogP contribution is 2.27. The molecule has 0 atom stereocenters. The monoisotopic (exact) mass is 408 g/mol. The average Bonchev–Trinajstić information content (AvgIpc) is 3.23. The van der Waals surface area contributed by atoms with Gasteiger partial charge in [0, 0.05) is 16.6 Å². The van der Waals surface area contributed by atoms with Gasteiger partial charge in [-0.1, -0.05) is 12.1 Å². The van der Waals surface area contributed by atoms with Crippen LogP contribution in [0.5, 0.6) is 0 Å². The van der Waals surface area contributed by atoms with Crippen molar-refractivity contribution in [2.45, 2.75) is 0 Å². The predicted molar refractivity (Wildman–Crippen MR) is 99.3 cm³/mol. The van der Waals surface area contributed by atoms with Crippen LogP contribution in [0.1, 0.15) is 10.6 Å². The molecule has 27 heavy (non-hydrogen) atoms. The number of thiazole rings is 1. The Hall–Kier alpha value is -3.25. The van der Waals surface area contributed by atoms with Crippen LogP contribution in [-0.4, -0.2) is 30.5 Å². The number of furan rings is 1. The molecule has 0 radical (unpaired) electrons. The lowest BCUT2D eigenvalue weighted by atomic mass is 10.1. The molecular weight excluding hydrogens is 396 g/mol. The van der Waals surface area contributed by atoms with Crippen LogP contribution >= 0.6 is 11.3 Å². The number of hydrogen-bond donors (Lipinski definition) is 2. The number of benzene rings is 1. The van der Waals surface area contributed by atoms with Gasteiger partial charge in [-0.15, -0.1) is 11.3 Å². The summed E-state index contributed by atoms with van der Waals surface area (Å²) in [6.45, 7) is 0. The van der Waals surface area contributed by atoms with E-state index in [4.69, 9.17) is 4.42 Å². The summed E-state index contributed by atoms with van der Waals surface area (Å²) in [7, 11) is -3.40. The summed E-state index contributed by atoms with van der Waals surface area (Å²) in [6.07, 6.45) is 1.05. The van der Waals surface area contributed by atoms with Gasteiger partial charge in [-0.2, -0.15) is 0 Å². The Bertz CT molecular complexity index is 1120. The molecular formula is C15H12N4O6S2. The Morgan fingerprint density at radius 3 is 2.74 bits per heavy atom. The molecule has 0 saturated heterocycles. The lowest BCUT2D eigenvalue weighted by molar-refractivity contribution is -0.402. The Labute approximate surface area is 157 Å². The van der Waals surface area contributed by atoms with Crippen LogP contribution in [0.25, 0.3) is 11.3 Å². The highest BCUT2D eigenvalue weighted by atomic mass is 32.2. The molecule has 3 aromatic rings. The van der Waals surface area contributed by atoms with Crippen molar-refractivity contribution in [3.63, 3.8) is 0 Å². The molecule has 0 spiro atoms. The van der Waals surface area contributed by atoms with Crippen molar-refractivity contribution < 1.29 is 22.6 Å². The van der Waals surface area contributed by atoms with Crippen molar-refractivity contribution in [2.75, 3.05) is 16.3 Å². The first-order chi connectivity index (χ1) is 12.7. The minimum Gasteiger partial charge on any atom is -0.395 e. The zero-order valence-corrected chi connectivity index (χ0v) is 15.3. The second-order valence-electron chi connectivity index (χ2n) is 5.34. The van der Waals surface area contributed by atoms with E-state index >= 15 is 0 Å². The molecule has 0 aliphatic rings. The molecule has 1 amide bonds. The summed E-state index contributed by atoms with van der Waals surface area (Å²) in [4.78, 5) is 26.2. The number of aromatic nitrogens is 1. The van der Waals surface area contributed by atoms with Gasteiger partial charge in [-0.05, 0) is 18.2 Å². The topological polar surface area (TPSA) is 144 Å². The van der Waals surface area contributed by atoms with Gasteiger partial charge in [-0.3, -0.25) is 24.9 Å². The molecule has 10 nitrogen and oxygen atoms in total. The largest absolute Gasteiger partial charge is 0.433 e.